The number of halogens is 1. The fraction of sp³-hybridized carbons (Fsp3) is 0.786. The summed E-state index contributed by atoms with van der Waals surface area (Å²) in [5, 5.41) is 8.02. The number of hydrogen-bond acceptors (Lipinski definition) is 2. The molecule has 4 heteroatoms. The minimum atomic E-state index is 0.433. The fourth-order valence-corrected chi connectivity index (χ4v) is 2.38. The Morgan fingerprint density at radius 2 is 2.17 bits per heavy atom. The summed E-state index contributed by atoms with van der Waals surface area (Å²) in [4.78, 5) is 0. The van der Waals surface area contributed by atoms with Crippen LogP contribution in [0.4, 0.5) is 0 Å². The average molecular weight is 272 g/mol. The van der Waals surface area contributed by atoms with Crippen LogP contribution in [-0.4, -0.2) is 22.2 Å². The Balaban J connectivity index is 2.30. The van der Waals surface area contributed by atoms with Gasteiger partial charge in [-0.05, 0) is 45.2 Å². The fourth-order valence-electron chi connectivity index (χ4n) is 2.07. The molecule has 1 unspecified atom stereocenters. The van der Waals surface area contributed by atoms with Crippen molar-refractivity contribution in [3.8, 4) is 0 Å². The normalized spacial score (nSPS) is 13.2. The van der Waals surface area contributed by atoms with Crippen LogP contribution in [0.2, 0.25) is 0 Å². The molecule has 0 saturated carbocycles. The molecule has 0 aliphatic rings. The van der Waals surface area contributed by atoms with Crippen molar-refractivity contribution in [1.29, 1.82) is 0 Å². The first-order valence-electron chi connectivity index (χ1n) is 6.98. The van der Waals surface area contributed by atoms with Crippen LogP contribution >= 0.6 is 11.6 Å². The van der Waals surface area contributed by atoms with Crippen molar-refractivity contribution < 1.29 is 0 Å². The first-order chi connectivity index (χ1) is 8.67. The molecule has 1 aromatic heterocycles. The third-order valence-electron chi connectivity index (χ3n) is 3.15. The number of aromatic nitrogens is 2. The van der Waals surface area contributed by atoms with E-state index in [0.717, 1.165) is 31.1 Å². The predicted octanol–water partition coefficient (Wildman–Crippen LogP) is 3.60. The van der Waals surface area contributed by atoms with Crippen LogP contribution in [0.15, 0.2) is 12.3 Å². The van der Waals surface area contributed by atoms with Gasteiger partial charge in [-0.3, -0.25) is 4.68 Å². The maximum atomic E-state index is 5.82. The van der Waals surface area contributed by atoms with E-state index in [1.807, 2.05) is 10.9 Å². The molecule has 0 aliphatic carbocycles. The molecule has 1 rings (SSSR count). The Bertz CT molecular complexity index is 317. The molecular weight excluding hydrogens is 246 g/mol. The van der Waals surface area contributed by atoms with Crippen molar-refractivity contribution in [2.24, 2.45) is 5.92 Å². The molecule has 18 heavy (non-hydrogen) atoms. The van der Waals surface area contributed by atoms with Gasteiger partial charge in [0.15, 0.2) is 0 Å². The third-order valence-corrected chi connectivity index (χ3v) is 3.36. The monoisotopic (exact) mass is 271 g/mol. The lowest BCUT2D eigenvalue weighted by Gasteiger charge is -2.15. The molecule has 0 fully saturated rings. The standard InChI is InChI=1S/C14H26ClN3/c1-4-5-13(6-8-15)10-16-11-14-7-9-18(17-14)12(2)3/h7,9,12-13,16H,4-6,8,10-11H2,1-3H3. The molecule has 1 atom stereocenters. The van der Waals surface area contributed by atoms with Crippen LogP contribution in [-0.2, 0) is 6.54 Å². The second-order valence-corrected chi connectivity index (χ2v) is 5.52. The smallest absolute Gasteiger partial charge is 0.0762 e. The van der Waals surface area contributed by atoms with E-state index >= 15 is 0 Å². The highest BCUT2D eigenvalue weighted by Crippen LogP contribution is 2.11. The highest BCUT2D eigenvalue weighted by Gasteiger charge is 2.07. The Morgan fingerprint density at radius 1 is 1.39 bits per heavy atom. The number of alkyl halides is 1. The van der Waals surface area contributed by atoms with Gasteiger partial charge in [-0.15, -0.1) is 11.6 Å². The van der Waals surface area contributed by atoms with Gasteiger partial charge in [-0.1, -0.05) is 13.3 Å². The summed E-state index contributed by atoms with van der Waals surface area (Å²) in [6.45, 7) is 8.40. The van der Waals surface area contributed by atoms with Crippen LogP contribution in [0, 0.1) is 5.92 Å². The lowest BCUT2D eigenvalue weighted by molar-refractivity contribution is 0.427. The van der Waals surface area contributed by atoms with E-state index in [2.05, 4.69) is 37.3 Å². The van der Waals surface area contributed by atoms with E-state index < -0.39 is 0 Å². The topological polar surface area (TPSA) is 29.9 Å². The molecule has 3 nitrogen and oxygen atoms in total. The Morgan fingerprint density at radius 3 is 2.72 bits per heavy atom. The van der Waals surface area contributed by atoms with Crippen LogP contribution in [0.5, 0.6) is 0 Å². The highest BCUT2D eigenvalue weighted by atomic mass is 35.5. The minimum absolute atomic E-state index is 0.433. The molecular formula is C14H26ClN3. The molecule has 0 spiro atoms. The Hall–Kier alpha value is -0.540. The van der Waals surface area contributed by atoms with Crippen LogP contribution < -0.4 is 5.32 Å². The van der Waals surface area contributed by atoms with E-state index in [0.29, 0.717) is 12.0 Å². The molecule has 0 saturated heterocycles. The number of hydrogen-bond donors (Lipinski definition) is 1. The zero-order chi connectivity index (χ0) is 13.4. The summed E-state index contributed by atoms with van der Waals surface area (Å²) in [6.07, 6.45) is 5.62. The van der Waals surface area contributed by atoms with E-state index in [1.54, 1.807) is 0 Å². The summed E-state index contributed by atoms with van der Waals surface area (Å²) in [5.74, 6) is 1.45. The molecule has 1 N–H and O–H groups in total. The molecule has 0 bridgehead atoms. The SMILES string of the molecule is CCCC(CCCl)CNCc1ccn(C(C)C)n1. The molecule has 104 valence electrons. The van der Waals surface area contributed by atoms with Crippen molar-refractivity contribution in [3.05, 3.63) is 18.0 Å². The van der Waals surface area contributed by atoms with Gasteiger partial charge in [0.1, 0.15) is 0 Å². The van der Waals surface area contributed by atoms with Crippen LogP contribution in [0.1, 0.15) is 51.8 Å². The summed E-state index contributed by atoms with van der Waals surface area (Å²) in [5.41, 5.74) is 1.12. The summed E-state index contributed by atoms with van der Waals surface area (Å²) < 4.78 is 2.00. The highest BCUT2D eigenvalue weighted by molar-refractivity contribution is 6.17. The van der Waals surface area contributed by atoms with Gasteiger partial charge in [0, 0.05) is 24.7 Å². The number of nitrogens with one attached hydrogen (secondary N) is 1. The lowest BCUT2D eigenvalue weighted by atomic mass is 10.0. The maximum Gasteiger partial charge on any atom is 0.0762 e. The van der Waals surface area contributed by atoms with Gasteiger partial charge in [0.05, 0.1) is 5.69 Å². The van der Waals surface area contributed by atoms with Crippen molar-refractivity contribution in [1.82, 2.24) is 15.1 Å². The van der Waals surface area contributed by atoms with Crippen LogP contribution in [0.25, 0.3) is 0 Å². The molecule has 0 aliphatic heterocycles. The van der Waals surface area contributed by atoms with Crippen molar-refractivity contribution in [2.45, 2.75) is 52.6 Å². The number of nitrogens with zero attached hydrogens (tertiary/aromatic N) is 2. The lowest BCUT2D eigenvalue weighted by Crippen LogP contribution is -2.23. The van der Waals surface area contributed by atoms with Gasteiger partial charge < -0.3 is 5.32 Å². The maximum absolute atomic E-state index is 5.82. The van der Waals surface area contributed by atoms with Gasteiger partial charge >= 0.3 is 0 Å². The van der Waals surface area contributed by atoms with Crippen molar-refractivity contribution >= 4 is 11.6 Å². The van der Waals surface area contributed by atoms with Gasteiger partial charge in [-0.2, -0.15) is 5.10 Å². The van der Waals surface area contributed by atoms with E-state index in [1.165, 1.54) is 12.8 Å². The Kier molecular flexibility index (Phi) is 7.36. The summed E-state index contributed by atoms with van der Waals surface area (Å²) in [7, 11) is 0. The van der Waals surface area contributed by atoms with Crippen molar-refractivity contribution in [2.75, 3.05) is 12.4 Å². The van der Waals surface area contributed by atoms with Gasteiger partial charge in [0.25, 0.3) is 0 Å². The van der Waals surface area contributed by atoms with Crippen molar-refractivity contribution in [3.63, 3.8) is 0 Å². The van der Waals surface area contributed by atoms with E-state index in [-0.39, 0.29) is 0 Å². The first-order valence-corrected chi connectivity index (χ1v) is 7.51. The average Bonchev–Trinajstić information content (AvgIpc) is 2.78. The number of rotatable bonds is 9. The molecule has 0 radical (unpaired) electrons. The molecule has 0 aromatic carbocycles. The molecule has 1 aromatic rings. The summed E-state index contributed by atoms with van der Waals surface area (Å²) in [6, 6.07) is 2.52. The second-order valence-electron chi connectivity index (χ2n) is 5.14. The van der Waals surface area contributed by atoms with Crippen LogP contribution in [0.3, 0.4) is 0 Å². The molecule has 0 amide bonds. The minimum Gasteiger partial charge on any atom is -0.311 e. The first kappa shape index (κ1) is 15.5. The Labute approximate surface area is 116 Å². The second kappa shape index (κ2) is 8.54. The largest absolute Gasteiger partial charge is 0.311 e. The van der Waals surface area contributed by atoms with E-state index in [9.17, 15) is 0 Å². The zero-order valence-corrected chi connectivity index (χ0v) is 12.6. The summed E-state index contributed by atoms with van der Waals surface area (Å²) >= 11 is 5.82. The van der Waals surface area contributed by atoms with Gasteiger partial charge in [0.2, 0.25) is 0 Å². The van der Waals surface area contributed by atoms with E-state index in [4.69, 9.17) is 11.6 Å². The van der Waals surface area contributed by atoms with Gasteiger partial charge in [-0.25, -0.2) is 0 Å². The molecule has 1 heterocycles. The zero-order valence-electron chi connectivity index (χ0n) is 11.8. The third kappa shape index (κ3) is 5.40. The quantitative estimate of drug-likeness (QED) is 0.696. The predicted molar refractivity (Wildman–Crippen MR) is 78.1 cm³/mol.